The van der Waals surface area contributed by atoms with Crippen molar-refractivity contribution in [2.75, 3.05) is 17.7 Å². The molecule has 3 unspecified atom stereocenters. The number of sulfonamides is 1. The van der Waals surface area contributed by atoms with Crippen molar-refractivity contribution in [3.05, 3.63) is 69.1 Å². The number of amides is 1. The molecule has 1 amide bonds. The first-order chi connectivity index (χ1) is 19.0. The van der Waals surface area contributed by atoms with Crippen LogP contribution < -0.4 is 9.62 Å². The monoisotopic (exact) mass is 607 g/mol. The minimum absolute atomic E-state index is 0.0295. The molecule has 3 fully saturated rings. The minimum atomic E-state index is -3.77. The maximum atomic E-state index is 15.0. The van der Waals surface area contributed by atoms with E-state index in [0.29, 0.717) is 46.4 Å². The Bertz CT molecular complexity index is 1620. The van der Waals surface area contributed by atoms with Gasteiger partial charge in [-0.2, -0.15) is 0 Å². The van der Waals surface area contributed by atoms with E-state index in [0.717, 1.165) is 25.2 Å². The molecule has 2 heterocycles. The van der Waals surface area contributed by atoms with Crippen LogP contribution in [0.2, 0.25) is 10.0 Å². The first-order valence-electron chi connectivity index (χ1n) is 12.7. The number of hydrogen-bond acceptors (Lipinski definition) is 8. The molecule has 13 heteroatoms. The Kier molecular flexibility index (Phi) is 6.79. The largest absolute Gasteiger partial charge is 0.458 e. The highest BCUT2D eigenvalue weighted by molar-refractivity contribution is 7.89. The number of carbonyl (C=O) groups is 2. The summed E-state index contributed by atoms with van der Waals surface area (Å²) in [6.07, 6.45) is 3.44. The minimum Gasteiger partial charge on any atom is -0.458 e. The molecule has 9 nitrogen and oxygen atoms in total. The van der Waals surface area contributed by atoms with Crippen LogP contribution in [0.5, 0.6) is 0 Å². The molecule has 1 saturated heterocycles. The second-order valence-corrected chi connectivity index (χ2v) is 13.1. The number of aromatic nitrogens is 1. The molecule has 0 radical (unpaired) electrons. The van der Waals surface area contributed by atoms with Crippen LogP contribution in [0.15, 0.2) is 40.9 Å². The van der Waals surface area contributed by atoms with E-state index >= 15 is 4.39 Å². The molecule has 6 rings (SSSR count). The first-order valence-corrected chi connectivity index (χ1v) is 15.4. The first kappa shape index (κ1) is 27.0. The lowest BCUT2D eigenvalue weighted by atomic mass is 10.0. The summed E-state index contributed by atoms with van der Waals surface area (Å²) in [4.78, 5) is 27.5. The summed E-state index contributed by atoms with van der Waals surface area (Å²) in [5.74, 6) is -1.56. The normalized spacial score (nSPS) is 22.0. The number of piperidine rings is 1. The number of nitrogens with zero attached hydrogens (tertiary/aromatic N) is 2. The number of esters is 1. The van der Waals surface area contributed by atoms with E-state index in [9.17, 15) is 18.0 Å². The van der Waals surface area contributed by atoms with Crippen molar-refractivity contribution in [3.63, 3.8) is 0 Å². The molecule has 3 atom stereocenters. The van der Waals surface area contributed by atoms with Gasteiger partial charge in [0.2, 0.25) is 10.0 Å². The quantitative estimate of drug-likeness (QED) is 0.365. The fraction of sp³-hybridized carbons (Fsp3) is 0.370. The van der Waals surface area contributed by atoms with Gasteiger partial charge in [0.05, 0.1) is 22.0 Å². The van der Waals surface area contributed by atoms with Crippen molar-refractivity contribution < 1.29 is 31.7 Å². The number of benzene rings is 2. The van der Waals surface area contributed by atoms with E-state index < -0.39 is 27.7 Å². The van der Waals surface area contributed by atoms with E-state index in [1.54, 1.807) is 18.2 Å². The third-order valence-electron chi connectivity index (χ3n) is 7.60. The molecule has 2 bridgehead atoms. The Hall–Kier alpha value is -3.15. The van der Waals surface area contributed by atoms with Crippen molar-refractivity contribution in [2.24, 2.45) is 5.92 Å². The summed E-state index contributed by atoms with van der Waals surface area (Å²) in [6, 6.07) is 8.83. The predicted molar refractivity (Wildman–Crippen MR) is 146 cm³/mol. The van der Waals surface area contributed by atoms with E-state index in [1.807, 2.05) is 9.62 Å². The summed E-state index contributed by atoms with van der Waals surface area (Å²) in [5, 5.41) is 4.84. The number of carbonyl (C=O) groups excluding carboxylic acids is 2. The molecule has 40 heavy (non-hydrogen) atoms. The molecule has 2 aromatic carbocycles. The Morgan fingerprint density at radius 3 is 2.48 bits per heavy atom. The van der Waals surface area contributed by atoms with Gasteiger partial charge in [0.25, 0.3) is 5.91 Å². The molecule has 3 aliphatic rings. The van der Waals surface area contributed by atoms with Crippen molar-refractivity contribution >= 4 is 50.8 Å². The highest BCUT2D eigenvalue weighted by atomic mass is 35.5. The van der Waals surface area contributed by atoms with E-state index in [1.165, 1.54) is 12.1 Å². The molecular formula is C27H24Cl2FN3O6S. The van der Waals surface area contributed by atoms with Crippen molar-refractivity contribution in [2.45, 2.75) is 43.7 Å². The van der Waals surface area contributed by atoms with Gasteiger partial charge in [-0.25, -0.2) is 22.3 Å². The Balaban J connectivity index is 1.18. The van der Waals surface area contributed by atoms with Gasteiger partial charge in [0.15, 0.2) is 5.76 Å². The van der Waals surface area contributed by atoms with E-state index in [4.69, 9.17) is 32.5 Å². The van der Waals surface area contributed by atoms with Gasteiger partial charge < -0.3 is 14.2 Å². The molecular weight excluding hydrogens is 584 g/mol. The number of hydrogen-bond donors (Lipinski definition) is 1. The topological polar surface area (TPSA) is 119 Å². The molecule has 2 aliphatic carbocycles. The van der Waals surface area contributed by atoms with Crippen molar-refractivity contribution in [1.82, 2.24) is 9.88 Å². The van der Waals surface area contributed by atoms with Gasteiger partial charge in [-0.1, -0.05) is 34.4 Å². The van der Waals surface area contributed by atoms with Gasteiger partial charge in [-0.05, 0) is 49.6 Å². The third kappa shape index (κ3) is 5.06. The zero-order valence-electron chi connectivity index (χ0n) is 21.2. The Morgan fingerprint density at radius 1 is 1.15 bits per heavy atom. The SMILES string of the molecule is CS(=O)(=O)NC(=O)c1ccc(N2CC3CC2CC3OC(=O)c2c(-c3c(Cl)cccc3Cl)noc2C2CC2)c(F)c1. The van der Waals surface area contributed by atoms with Gasteiger partial charge in [-0.3, -0.25) is 4.79 Å². The fourth-order valence-electron chi connectivity index (χ4n) is 5.67. The van der Waals surface area contributed by atoms with Crippen LogP contribution in [0.4, 0.5) is 10.1 Å². The number of anilines is 1. The highest BCUT2D eigenvalue weighted by Gasteiger charge is 2.48. The van der Waals surface area contributed by atoms with Gasteiger partial charge in [-0.15, -0.1) is 0 Å². The maximum Gasteiger partial charge on any atom is 0.344 e. The molecule has 1 aromatic heterocycles. The zero-order chi connectivity index (χ0) is 28.3. The van der Waals surface area contributed by atoms with Gasteiger partial charge in [0.1, 0.15) is 23.2 Å². The second-order valence-electron chi connectivity index (χ2n) is 10.5. The van der Waals surface area contributed by atoms with Gasteiger partial charge >= 0.3 is 5.97 Å². The van der Waals surface area contributed by atoms with Crippen LogP contribution in [0, 0.1) is 11.7 Å². The van der Waals surface area contributed by atoms with Crippen LogP contribution in [0.25, 0.3) is 11.3 Å². The summed E-state index contributed by atoms with van der Waals surface area (Å²) >= 11 is 12.8. The van der Waals surface area contributed by atoms with E-state index in [-0.39, 0.29) is 40.8 Å². The predicted octanol–water partition coefficient (Wildman–Crippen LogP) is 5.18. The number of fused-ring (bicyclic) bond motifs is 2. The highest BCUT2D eigenvalue weighted by Crippen LogP contribution is 2.47. The van der Waals surface area contributed by atoms with E-state index in [2.05, 4.69) is 5.16 Å². The van der Waals surface area contributed by atoms with Crippen LogP contribution in [0.1, 0.15) is 58.1 Å². The lowest BCUT2D eigenvalue weighted by Crippen LogP contribution is -2.40. The van der Waals surface area contributed by atoms with Crippen LogP contribution in [-0.2, 0) is 14.8 Å². The van der Waals surface area contributed by atoms with Crippen molar-refractivity contribution in [3.8, 4) is 11.3 Å². The zero-order valence-corrected chi connectivity index (χ0v) is 23.5. The number of halogens is 3. The third-order valence-corrected chi connectivity index (χ3v) is 8.79. The summed E-state index contributed by atoms with van der Waals surface area (Å²) < 4.78 is 51.1. The summed E-state index contributed by atoms with van der Waals surface area (Å²) in [5.41, 5.74) is 1.12. The standard InChI is InChI=1S/C27H24Cl2FN3O6S/c1-40(36,37)32-26(34)14-7-8-20(19(30)10-14)33-12-15-9-16(33)11-21(15)38-27(35)23-24(31-39-25(23)13-5-6-13)22-17(28)3-2-4-18(22)29/h2-4,7-8,10,13,15-16,21H,5-6,9,11-12H2,1H3,(H,32,34). The molecule has 1 N–H and O–H groups in total. The fourth-order valence-corrected chi connectivity index (χ4v) is 6.70. The summed E-state index contributed by atoms with van der Waals surface area (Å²) in [6.45, 7) is 0.455. The molecule has 210 valence electrons. The van der Waals surface area contributed by atoms with Crippen LogP contribution in [0.3, 0.4) is 0 Å². The smallest absolute Gasteiger partial charge is 0.344 e. The Morgan fingerprint density at radius 2 is 1.88 bits per heavy atom. The van der Waals surface area contributed by atoms with Crippen LogP contribution in [-0.4, -0.2) is 50.4 Å². The second kappa shape index (κ2) is 10.0. The number of ether oxygens (including phenoxy) is 1. The Labute approximate surface area is 239 Å². The number of nitrogens with one attached hydrogen (secondary N) is 1. The number of rotatable bonds is 7. The lowest BCUT2D eigenvalue weighted by Gasteiger charge is -2.33. The van der Waals surface area contributed by atoms with Gasteiger partial charge in [0, 0.05) is 42.0 Å². The molecule has 2 saturated carbocycles. The average Bonchev–Trinajstić information content (AvgIpc) is 3.32. The van der Waals surface area contributed by atoms with Crippen LogP contribution >= 0.6 is 23.2 Å². The molecule has 1 aliphatic heterocycles. The summed E-state index contributed by atoms with van der Waals surface area (Å²) in [7, 11) is -3.77. The lowest BCUT2D eigenvalue weighted by molar-refractivity contribution is 0.0191. The van der Waals surface area contributed by atoms with Crippen molar-refractivity contribution in [1.29, 1.82) is 0 Å². The average molecular weight is 608 g/mol. The maximum absolute atomic E-state index is 15.0. The molecule has 0 spiro atoms. The molecule has 3 aromatic rings.